The first-order valence-corrected chi connectivity index (χ1v) is 14.0. The monoisotopic (exact) mass is 526 g/mol. The molecule has 1 aliphatic heterocycles. The maximum Gasteiger partial charge on any atom is 0.252 e. The van der Waals surface area contributed by atoms with Gasteiger partial charge >= 0.3 is 0 Å². The van der Waals surface area contributed by atoms with Gasteiger partial charge in [-0.1, -0.05) is 62.9 Å². The van der Waals surface area contributed by atoms with Crippen LogP contribution in [-0.4, -0.2) is 67.7 Å². The summed E-state index contributed by atoms with van der Waals surface area (Å²) in [6.07, 6.45) is 5.92. The van der Waals surface area contributed by atoms with E-state index in [0.29, 0.717) is 51.3 Å². The Morgan fingerprint density at radius 1 is 1.00 bits per heavy atom. The van der Waals surface area contributed by atoms with Gasteiger partial charge in [-0.3, -0.25) is 9.59 Å². The topological polar surface area (TPSA) is 59.1 Å². The van der Waals surface area contributed by atoms with Crippen LogP contribution < -0.4 is 0 Å². The van der Waals surface area contributed by atoms with Gasteiger partial charge in [0.25, 0.3) is 5.91 Å². The van der Waals surface area contributed by atoms with Crippen molar-refractivity contribution in [3.63, 3.8) is 0 Å². The minimum absolute atomic E-state index is 0.00188. The lowest BCUT2D eigenvalue weighted by Crippen LogP contribution is -2.47. The molecule has 0 spiro atoms. The van der Waals surface area contributed by atoms with Crippen LogP contribution in [0.5, 0.6) is 0 Å². The molecule has 1 aliphatic rings. The Morgan fingerprint density at radius 3 is 2.37 bits per heavy atom. The Hall–Kier alpha value is -2.77. The number of hydrogen-bond donors (Lipinski definition) is 0. The van der Waals surface area contributed by atoms with E-state index in [1.165, 1.54) is 18.9 Å². The summed E-state index contributed by atoms with van der Waals surface area (Å²) in [4.78, 5) is 28.9. The number of amides is 2. The van der Waals surface area contributed by atoms with Crippen LogP contribution in [0.4, 0.5) is 4.39 Å². The number of morpholine rings is 1. The van der Waals surface area contributed by atoms with Gasteiger partial charge in [-0.2, -0.15) is 0 Å². The fourth-order valence-corrected chi connectivity index (χ4v) is 4.74. The van der Waals surface area contributed by atoms with Crippen molar-refractivity contribution in [3.8, 4) is 11.1 Å². The lowest BCUT2D eigenvalue weighted by molar-refractivity contribution is -0.147. The van der Waals surface area contributed by atoms with Gasteiger partial charge in [0.1, 0.15) is 11.9 Å². The molecule has 1 atom stereocenters. The van der Waals surface area contributed by atoms with Gasteiger partial charge < -0.3 is 19.3 Å². The summed E-state index contributed by atoms with van der Waals surface area (Å²) in [6, 6.07) is 13.0. The Bertz CT molecular complexity index is 1020. The zero-order chi connectivity index (χ0) is 27.3. The molecule has 0 N–H and O–H groups in total. The summed E-state index contributed by atoms with van der Waals surface area (Å²) in [5.41, 5.74) is 3.34. The molecule has 208 valence electrons. The maximum atomic E-state index is 14.6. The number of benzene rings is 2. The summed E-state index contributed by atoms with van der Waals surface area (Å²) in [5, 5.41) is 0. The molecule has 3 rings (SSSR count). The largest absolute Gasteiger partial charge is 0.378 e. The normalized spacial score (nSPS) is 14.4. The van der Waals surface area contributed by atoms with Gasteiger partial charge in [-0.05, 0) is 42.2 Å². The number of rotatable bonds is 14. The zero-order valence-electron chi connectivity index (χ0n) is 23.2. The lowest BCUT2D eigenvalue weighted by Gasteiger charge is -2.30. The molecule has 0 aromatic heterocycles. The molecule has 1 fully saturated rings. The van der Waals surface area contributed by atoms with Crippen molar-refractivity contribution < 1.29 is 23.5 Å². The molecule has 2 aromatic rings. The summed E-state index contributed by atoms with van der Waals surface area (Å²) in [5.74, 6) is -0.262. The van der Waals surface area contributed by atoms with Crippen LogP contribution in [0, 0.1) is 5.82 Å². The second-order valence-electron chi connectivity index (χ2n) is 10.0. The molecule has 1 saturated heterocycles. The molecule has 6 nitrogen and oxygen atoms in total. The smallest absolute Gasteiger partial charge is 0.252 e. The lowest BCUT2D eigenvalue weighted by atomic mass is 9.99. The van der Waals surface area contributed by atoms with E-state index in [2.05, 4.69) is 6.92 Å². The second kappa shape index (κ2) is 15.6. The third kappa shape index (κ3) is 8.91. The SMILES string of the molecule is CCCCCCCC(=O)N(C)Cc1cc(-c2ccc(CC(OCC)C(=O)N3CCOCC3)cc2)ccc1F. The van der Waals surface area contributed by atoms with E-state index >= 15 is 0 Å². The summed E-state index contributed by atoms with van der Waals surface area (Å²) >= 11 is 0. The quantitative estimate of drug-likeness (QED) is 0.300. The molecule has 0 bridgehead atoms. The van der Waals surface area contributed by atoms with E-state index < -0.39 is 6.10 Å². The van der Waals surface area contributed by atoms with Crippen molar-refractivity contribution in [2.45, 2.75) is 71.4 Å². The van der Waals surface area contributed by atoms with Crippen molar-refractivity contribution in [1.29, 1.82) is 0 Å². The molecule has 0 saturated carbocycles. The number of unbranched alkanes of at least 4 members (excludes halogenated alkanes) is 4. The Labute approximate surface area is 227 Å². The number of hydrogen-bond acceptors (Lipinski definition) is 4. The van der Waals surface area contributed by atoms with E-state index in [4.69, 9.17) is 9.47 Å². The average molecular weight is 527 g/mol. The molecule has 38 heavy (non-hydrogen) atoms. The van der Waals surface area contributed by atoms with Gasteiger partial charge in [0, 0.05) is 51.7 Å². The van der Waals surface area contributed by atoms with Crippen molar-refractivity contribution in [1.82, 2.24) is 9.80 Å². The minimum Gasteiger partial charge on any atom is -0.378 e. The summed E-state index contributed by atoms with van der Waals surface area (Å²) < 4.78 is 25.8. The molecule has 2 aromatic carbocycles. The van der Waals surface area contributed by atoms with E-state index in [1.807, 2.05) is 42.2 Å². The first kappa shape index (κ1) is 29.8. The average Bonchev–Trinajstić information content (AvgIpc) is 2.94. The van der Waals surface area contributed by atoms with Crippen LogP contribution in [0.15, 0.2) is 42.5 Å². The third-order valence-electron chi connectivity index (χ3n) is 7.05. The maximum absolute atomic E-state index is 14.6. The fraction of sp³-hybridized carbons (Fsp3) is 0.548. The molecule has 2 amide bonds. The highest BCUT2D eigenvalue weighted by atomic mass is 19.1. The predicted octanol–water partition coefficient (Wildman–Crippen LogP) is 5.62. The highest BCUT2D eigenvalue weighted by molar-refractivity contribution is 5.81. The van der Waals surface area contributed by atoms with Crippen molar-refractivity contribution in [2.24, 2.45) is 0 Å². The molecular weight excluding hydrogens is 483 g/mol. The van der Waals surface area contributed by atoms with E-state index in [0.717, 1.165) is 36.0 Å². The summed E-state index contributed by atoms with van der Waals surface area (Å²) in [7, 11) is 1.74. The first-order valence-electron chi connectivity index (χ1n) is 14.0. The van der Waals surface area contributed by atoms with Crippen molar-refractivity contribution >= 4 is 11.8 Å². The number of halogens is 1. The van der Waals surface area contributed by atoms with Gasteiger partial charge in [0.2, 0.25) is 5.91 Å². The van der Waals surface area contributed by atoms with Gasteiger partial charge in [0.05, 0.1) is 13.2 Å². The Kier molecular flexibility index (Phi) is 12.2. The first-order chi connectivity index (χ1) is 18.4. The van der Waals surface area contributed by atoms with Crippen LogP contribution in [0.1, 0.15) is 63.5 Å². The van der Waals surface area contributed by atoms with E-state index in [9.17, 15) is 14.0 Å². The van der Waals surface area contributed by atoms with Crippen LogP contribution in [0.3, 0.4) is 0 Å². The van der Waals surface area contributed by atoms with E-state index in [-0.39, 0.29) is 24.2 Å². The van der Waals surface area contributed by atoms with Crippen molar-refractivity contribution in [3.05, 3.63) is 59.4 Å². The van der Waals surface area contributed by atoms with Crippen molar-refractivity contribution in [2.75, 3.05) is 40.0 Å². The number of ether oxygens (including phenoxy) is 2. The third-order valence-corrected chi connectivity index (χ3v) is 7.05. The highest BCUT2D eigenvalue weighted by Gasteiger charge is 2.26. The van der Waals surface area contributed by atoms with Crippen LogP contribution in [-0.2, 0) is 32.0 Å². The molecule has 0 radical (unpaired) electrons. The predicted molar refractivity (Wildman–Crippen MR) is 148 cm³/mol. The van der Waals surface area contributed by atoms with Crippen LogP contribution in [0.2, 0.25) is 0 Å². The summed E-state index contributed by atoms with van der Waals surface area (Å²) in [6.45, 7) is 7.07. The molecule has 7 heteroatoms. The minimum atomic E-state index is -0.527. The van der Waals surface area contributed by atoms with Crippen LogP contribution >= 0.6 is 0 Å². The highest BCUT2D eigenvalue weighted by Crippen LogP contribution is 2.24. The molecule has 1 unspecified atom stereocenters. The number of carbonyl (C=O) groups is 2. The zero-order valence-corrected chi connectivity index (χ0v) is 23.2. The number of nitrogens with zero attached hydrogens (tertiary/aromatic N) is 2. The Morgan fingerprint density at radius 2 is 1.68 bits per heavy atom. The van der Waals surface area contributed by atoms with Crippen LogP contribution in [0.25, 0.3) is 11.1 Å². The molecule has 0 aliphatic carbocycles. The fourth-order valence-electron chi connectivity index (χ4n) is 4.74. The molecule has 1 heterocycles. The molecular formula is C31H43FN2O4. The van der Waals surface area contributed by atoms with E-state index in [1.54, 1.807) is 18.0 Å². The van der Waals surface area contributed by atoms with Gasteiger partial charge in [0.15, 0.2) is 0 Å². The Balaban J connectivity index is 1.62. The van der Waals surface area contributed by atoms with Gasteiger partial charge in [-0.15, -0.1) is 0 Å². The second-order valence-corrected chi connectivity index (χ2v) is 10.0. The number of carbonyl (C=O) groups excluding carboxylic acids is 2. The van der Waals surface area contributed by atoms with Gasteiger partial charge in [-0.25, -0.2) is 4.39 Å². The standard InChI is InChI=1S/C31H43FN2O4/c1-4-6-7-8-9-10-30(35)33(3)23-27-22-26(15-16-28(27)32)25-13-11-24(12-14-25)21-29(38-5-2)31(36)34-17-19-37-20-18-34/h11-16,22,29H,4-10,17-21,23H2,1-3H3.